The monoisotopic (exact) mass is 361 g/mol. The number of benzene rings is 1. The highest BCUT2D eigenvalue weighted by Gasteiger charge is 2.27. The molecule has 6 heteroatoms. The maximum atomic E-state index is 13.2. The molecule has 2 aliphatic rings. The molecule has 1 aliphatic carbocycles. The Balaban J connectivity index is 1.78. The van der Waals surface area contributed by atoms with Gasteiger partial charge in [0, 0.05) is 18.2 Å². The minimum atomic E-state index is -0.292. The van der Waals surface area contributed by atoms with Crippen LogP contribution in [0.2, 0.25) is 0 Å². The Morgan fingerprint density at radius 3 is 2.50 bits per heavy atom. The summed E-state index contributed by atoms with van der Waals surface area (Å²) in [5.41, 5.74) is 0.571. The van der Waals surface area contributed by atoms with Crippen LogP contribution in [0.1, 0.15) is 61.7 Å². The number of carbonyl (C=O) groups excluding carboxylic acids is 2. The van der Waals surface area contributed by atoms with Crippen molar-refractivity contribution in [3.05, 3.63) is 23.8 Å². The molecule has 0 spiro atoms. The molecule has 0 N–H and O–H groups in total. The van der Waals surface area contributed by atoms with Crippen molar-refractivity contribution in [2.24, 2.45) is 0 Å². The van der Waals surface area contributed by atoms with Gasteiger partial charge in [-0.2, -0.15) is 0 Å². The third-order valence-corrected chi connectivity index (χ3v) is 5.18. The van der Waals surface area contributed by atoms with Crippen LogP contribution in [-0.2, 0) is 9.53 Å². The summed E-state index contributed by atoms with van der Waals surface area (Å²) in [5, 5.41) is 0. The Hall–Kier alpha value is -2.24. The van der Waals surface area contributed by atoms with Crippen molar-refractivity contribution in [1.29, 1.82) is 0 Å². The lowest BCUT2D eigenvalue weighted by atomic mass is 9.95. The van der Waals surface area contributed by atoms with Crippen molar-refractivity contribution in [3.63, 3.8) is 0 Å². The lowest BCUT2D eigenvalue weighted by Gasteiger charge is -2.33. The zero-order chi connectivity index (χ0) is 18.4. The lowest BCUT2D eigenvalue weighted by molar-refractivity contribution is -0.140. The number of nitrogens with zero attached hydrogens (tertiary/aromatic N) is 1. The van der Waals surface area contributed by atoms with Crippen LogP contribution in [0.25, 0.3) is 0 Å². The Morgan fingerprint density at radius 1 is 1.08 bits per heavy atom. The molecule has 1 fully saturated rings. The number of rotatable bonds is 5. The average molecular weight is 361 g/mol. The summed E-state index contributed by atoms with van der Waals surface area (Å²) in [4.78, 5) is 26.7. The van der Waals surface area contributed by atoms with Gasteiger partial charge in [-0.1, -0.05) is 32.1 Å². The normalized spacial score (nSPS) is 17.3. The highest BCUT2D eigenvalue weighted by Crippen LogP contribution is 2.33. The van der Waals surface area contributed by atoms with Crippen LogP contribution in [0.15, 0.2) is 18.2 Å². The van der Waals surface area contributed by atoms with Crippen LogP contribution in [0.3, 0.4) is 0 Å². The van der Waals surface area contributed by atoms with Gasteiger partial charge in [-0.05, 0) is 31.0 Å². The van der Waals surface area contributed by atoms with Crippen LogP contribution in [0, 0.1) is 0 Å². The van der Waals surface area contributed by atoms with Crippen LogP contribution in [-0.4, -0.2) is 43.3 Å². The summed E-state index contributed by atoms with van der Waals surface area (Å²) in [6, 6.07) is 5.44. The first-order valence-electron chi connectivity index (χ1n) is 9.46. The van der Waals surface area contributed by atoms with Crippen molar-refractivity contribution in [2.45, 2.75) is 57.4 Å². The molecule has 0 aromatic heterocycles. The third-order valence-electron chi connectivity index (χ3n) is 5.18. The second kappa shape index (κ2) is 8.92. The Bertz CT molecular complexity index is 637. The SMILES string of the molecule is COC(=O)CCN(C(=O)c1ccc2c(c1)OCO2)C1CCCCCCC1. The molecule has 1 amide bonds. The van der Waals surface area contributed by atoms with Gasteiger partial charge in [-0.25, -0.2) is 0 Å². The first kappa shape index (κ1) is 18.5. The average Bonchev–Trinajstić information content (AvgIpc) is 3.10. The number of fused-ring (bicyclic) bond motifs is 1. The molecule has 3 rings (SSSR count). The summed E-state index contributed by atoms with van der Waals surface area (Å²) in [6.07, 6.45) is 8.10. The fourth-order valence-corrected chi connectivity index (χ4v) is 3.71. The Labute approximate surface area is 154 Å². The molecule has 0 saturated heterocycles. The van der Waals surface area contributed by atoms with Gasteiger partial charge in [0.25, 0.3) is 5.91 Å². The van der Waals surface area contributed by atoms with Gasteiger partial charge in [0.2, 0.25) is 6.79 Å². The maximum absolute atomic E-state index is 13.2. The number of amides is 1. The van der Waals surface area contributed by atoms with E-state index in [9.17, 15) is 9.59 Å². The Morgan fingerprint density at radius 2 is 1.77 bits per heavy atom. The van der Waals surface area contributed by atoms with Gasteiger partial charge in [-0.3, -0.25) is 9.59 Å². The fourth-order valence-electron chi connectivity index (χ4n) is 3.71. The largest absolute Gasteiger partial charge is 0.469 e. The molecule has 1 heterocycles. The summed E-state index contributed by atoms with van der Waals surface area (Å²) in [5.74, 6) is 0.909. The smallest absolute Gasteiger partial charge is 0.307 e. The second-order valence-electron chi connectivity index (χ2n) is 6.89. The number of carbonyl (C=O) groups is 2. The molecule has 1 aliphatic heterocycles. The first-order chi connectivity index (χ1) is 12.7. The number of hydrogen-bond acceptors (Lipinski definition) is 5. The van der Waals surface area contributed by atoms with Crippen LogP contribution >= 0.6 is 0 Å². The summed E-state index contributed by atoms with van der Waals surface area (Å²) in [6.45, 7) is 0.562. The van der Waals surface area contributed by atoms with E-state index in [0.29, 0.717) is 23.6 Å². The van der Waals surface area contributed by atoms with E-state index in [1.165, 1.54) is 26.4 Å². The molecule has 1 aromatic carbocycles. The third kappa shape index (κ3) is 4.48. The lowest BCUT2D eigenvalue weighted by Crippen LogP contribution is -2.42. The highest BCUT2D eigenvalue weighted by atomic mass is 16.7. The molecule has 0 atom stereocenters. The molecule has 1 saturated carbocycles. The van der Waals surface area contributed by atoms with Gasteiger partial charge in [-0.15, -0.1) is 0 Å². The molecular weight excluding hydrogens is 334 g/mol. The molecule has 1 aromatic rings. The molecule has 6 nitrogen and oxygen atoms in total. The van der Waals surface area contributed by atoms with E-state index in [2.05, 4.69) is 0 Å². The van der Waals surface area contributed by atoms with E-state index in [4.69, 9.17) is 14.2 Å². The minimum Gasteiger partial charge on any atom is -0.469 e. The van der Waals surface area contributed by atoms with E-state index in [-0.39, 0.29) is 31.1 Å². The van der Waals surface area contributed by atoms with E-state index in [1.54, 1.807) is 18.2 Å². The van der Waals surface area contributed by atoms with E-state index in [1.807, 2.05) is 4.90 Å². The van der Waals surface area contributed by atoms with E-state index < -0.39 is 0 Å². The van der Waals surface area contributed by atoms with Gasteiger partial charge < -0.3 is 19.1 Å². The molecule has 0 bridgehead atoms. The van der Waals surface area contributed by atoms with E-state index in [0.717, 1.165) is 25.7 Å². The van der Waals surface area contributed by atoms with Gasteiger partial charge in [0.05, 0.1) is 13.5 Å². The summed E-state index contributed by atoms with van der Waals surface area (Å²) in [7, 11) is 1.38. The number of hydrogen-bond donors (Lipinski definition) is 0. The predicted octanol–water partition coefficient (Wildman–Crippen LogP) is 3.53. The van der Waals surface area contributed by atoms with Crippen LogP contribution in [0.4, 0.5) is 0 Å². The molecule has 0 unspecified atom stereocenters. The maximum Gasteiger partial charge on any atom is 0.307 e. The highest BCUT2D eigenvalue weighted by molar-refractivity contribution is 5.95. The minimum absolute atomic E-state index is 0.0576. The van der Waals surface area contributed by atoms with Crippen molar-refractivity contribution in [2.75, 3.05) is 20.4 Å². The van der Waals surface area contributed by atoms with Gasteiger partial charge in [0.1, 0.15) is 0 Å². The standard InChI is InChI=1S/C20H27NO5/c1-24-19(22)11-12-21(16-7-5-3-2-4-6-8-16)20(23)15-9-10-17-18(13-15)26-14-25-17/h9-10,13,16H,2-8,11-12,14H2,1H3. The summed E-state index contributed by atoms with van der Waals surface area (Å²) < 4.78 is 15.5. The summed E-state index contributed by atoms with van der Waals surface area (Å²) >= 11 is 0. The number of methoxy groups -OCH3 is 1. The Kier molecular flexibility index (Phi) is 6.36. The molecule has 26 heavy (non-hydrogen) atoms. The first-order valence-corrected chi connectivity index (χ1v) is 9.46. The van der Waals surface area contributed by atoms with Crippen molar-refractivity contribution >= 4 is 11.9 Å². The van der Waals surface area contributed by atoms with Gasteiger partial charge in [0.15, 0.2) is 11.5 Å². The van der Waals surface area contributed by atoms with Crippen LogP contribution < -0.4 is 9.47 Å². The fraction of sp³-hybridized carbons (Fsp3) is 0.600. The molecular formula is C20H27NO5. The molecule has 0 radical (unpaired) electrons. The number of esters is 1. The van der Waals surface area contributed by atoms with E-state index >= 15 is 0 Å². The molecule has 142 valence electrons. The second-order valence-corrected chi connectivity index (χ2v) is 6.89. The quantitative estimate of drug-likeness (QED) is 0.751. The topological polar surface area (TPSA) is 65.1 Å². The van der Waals surface area contributed by atoms with Crippen molar-refractivity contribution in [1.82, 2.24) is 4.90 Å². The van der Waals surface area contributed by atoms with Crippen molar-refractivity contribution in [3.8, 4) is 11.5 Å². The van der Waals surface area contributed by atoms with Gasteiger partial charge >= 0.3 is 5.97 Å². The zero-order valence-corrected chi connectivity index (χ0v) is 15.4. The predicted molar refractivity (Wildman–Crippen MR) is 96.3 cm³/mol. The number of ether oxygens (including phenoxy) is 3. The zero-order valence-electron chi connectivity index (χ0n) is 15.4. The van der Waals surface area contributed by atoms with Crippen molar-refractivity contribution < 1.29 is 23.8 Å². The van der Waals surface area contributed by atoms with Crippen LogP contribution in [0.5, 0.6) is 11.5 Å².